The second kappa shape index (κ2) is 5.89. The standard InChI is InChI=1S/C15H21N3O/c1-3-11(8-16)15(19)17-9-12-10-18(2)14-7-5-4-6-13(12)14/h4-7,10-11H,3,8-9,16H2,1-2H3,(H,17,19). The fourth-order valence-corrected chi connectivity index (χ4v) is 2.35. The lowest BCUT2D eigenvalue weighted by atomic mass is 10.1. The number of carbonyl (C=O) groups is 1. The number of aromatic nitrogens is 1. The molecule has 0 aliphatic heterocycles. The first-order valence-electron chi connectivity index (χ1n) is 6.68. The summed E-state index contributed by atoms with van der Waals surface area (Å²) in [6.07, 6.45) is 2.84. The molecule has 4 nitrogen and oxygen atoms in total. The molecule has 0 fully saturated rings. The number of nitrogens with zero attached hydrogens (tertiary/aromatic N) is 1. The van der Waals surface area contributed by atoms with Gasteiger partial charge in [0.15, 0.2) is 0 Å². The Morgan fingerprint density at radius 3 is 2.84 bits per heavy atom. The number of rotatable bonds is 5. The lowest BCUT2D eigenvalue weighted by Gasteiger charge is -2.12. The van der Waals surface area contributed by atoms with Crippen molar-refractivity contribution in [3.05, 3.63) is 36.0 Å². The van der Waals surface area contributed by atoms with Crippen molar-refractivity contribution < 1.29 is 4.79 Å². The minimum atomic E-state index is -0.0880. The molecule has 1 heterocycles. The Morgan fingerprint density at radius 1 is 1.42 bits per heavy atom. The number of nitrogens with one attached hydrogen (secondary N) is 1. The molecule has 2 rings (SSSR count). The second-order valence-electron chi connectivity index (χ2n) is 4.84. The number of hydrogen-bond donors (Lipinski definition) is 2. The maximum absolute atomic E-state index is 11.9. The van der Waals surface area contributed by atoms with Gasteiger partial charge >= 0.3 is 0 Å². The first kappa shape index (κ1) is 13.6. The molecule has 3 N–H and O–H groups in total. The van der Waals surface area contributed by atoms with E-state index in [1.54, 1.807) is 0 Å². The number of hydrogen-bond acceptors (Lipinski definition) is 2. The summed E-state index contributed by atoms with van der Waals surface area (Å²) >= 11 is 0. The van der Waals surface area contributed by atoms with Crippen LogP contribution in [0, 0.1) is 5.92 Å². The zero-order chi connectivity index (χ0) is 13.8. The number of fused-ring (bicyclic) bond motifs is 1. The van der Waals surface area contributed by atoms with Crippen LogP contribution in [0.15, 0.2) is 30.5 Å². The van der Waals surface area contributed by atoms with Crippen molar-refractivity contribution in [3.63, 3.8) is 0 Å². The Kier molecular flexibility index (Phi) is 4.22. The van der Waals surface area contributed by atoms with E-state index in [4.69, 9.17) is 5.73 Å². The summed E-state index contributed by atoms with van der Waals surface area (Å²) in [7, 11) is 2.02. The Labute approximate surface area is 113 Å². The fourth-order valence-electron chi connectivity index (χ4n) is 2.35. The van der Waals surface area contributed by atoms with Crippen molar-refractivity contribution in [2.45, 2.75) is 19.9 Å². The van der Waals surface area contributed by atoms with Crippen molar-refractivity contribution in [3.8, 4) is 0 Å². The summed E-state index contributed by atoms with van der Waals surface area (Å²) in [5.74, 6) is -0.0482. The summed E-state index contributed by atoms with van der Waals surface area (Å²) in [5.41, 5.74) is 7.90. The molecule has 4 heteroatoms. The highest BCUT2D eigenvalue weighted by atomic mass is 16.1. The highest BCUT2D eigenvalue weighted by Gasteiger charge is 2.14. The van der Waals surface area contributed by atoms with E-state index in [1.165, 1.54) is 10.9 Å². The van der Waals surface area contributed by atoms with E-state index in [-0.39, 0.29) is 11.8 Å². The molecule has 0 saturated carbocycles. The van der Waals surface area contributed by atoms with E-state index in [0.29, 0.717) is 13.1 Å². The van der Waals surface area contributed by atoms with Gasteiger partial charge in [-0.2, -0.15) is 0 Å². The maximum Gasteiger partial charge on any atom is 0.224 e. The highest BCUT2D eigenvalue weighted by molar-refractivity contribution is 5.85. The fraction of sp³-hybridized carbons (Fsp3) is 0.400. The number of benzene rings is 1. The predicted molar refractivity (Wildman–Crippen MR) is 77.6 cm³/mol. The Bertz CT molecular complexity index is 570. The molecular weight excluding hydrogens is 238 g/mol. The van der Waals surface area contributed by atoms with Crippen LogP contribution >= 0.6 is 0 Å². The third kappa shape index (κ3) is 2.79. The van der Waals surface area contributed by atoms with E-state index in [0.717, 1.165) is 12.0 Å². The zero-order valence-corrected chi connectivity index (χ0v) is 11.5. The lowest BCUT2D eigenvalue weighted by molar-refractivity contribution is -0.124. The van der Waals surface area contributed by atoms with Crippen LogP contribution in [0.25, 0.3) is 10.9 Å². The Morgan fingerprint density at radius 2 is 2.16 bits per heavy atom. The van der Waals surface area contributed by atoms with E-state index in [1.807, 2.05) is 26.1 Å². The summed E-state index contributed by atoms with van der Waals surface area (Å²) < 4.78 is 2.08. The molecule has 102 valence electrons. The molecule has 0 aliphatic carbocycles. The Balaban J connectivity index is 2.12. The second-order valence-corrected chi connectivity index (χ2v) is 4.84. The minimum Gasteiger partial charge on any atom is -0.352 e. The van der Waals surface area contributed by atoms with E-state index in [9.17, 15) is 4.79 Å². The molecule has 0 radical (unpaired) electrons. The van der Waals surface area contributed by atoms with Crippen LogP contribution in [0.1, 0.15) is 18.9 Å². The van der Waals surface area contributed by atoms with Crippen molar-refractivity contribution in [1.82, 2.24) is 9.88 Å². The molecular formula is C15H21N3O. The minimum absolute atomic E-state index is 0.0398. The third-order valence-corrected chi connectivity index (χ3v) is 3.58. The molecule has 0 spiro atoms. The summed E-state index contributed by atoms with van der Waals surface area (Å²) in [6, 6.07) is 8.20. The van der Waals surface area contributed by atoms with Crippen molar-refractivity contribution in [2.75, 3.05) is 6.54 Å². The molecule has 1 atom stereocenters. The van der Waals surface area contributed by atoms with E-state index in [2.05, 4.69) is 28.2 Å². The van der Waals surface area contributed by atoms with Gasteiger partial charge in [-0.15, -0.1) is 0 Å². The number of aryl methyl sites for hydroxylation is 1. The average molecular weight is 259 g/mol. The zero-order valence-electron chi connectivity index (χ0n) is 11.5. The SMILES string of the molecule is CCC(CN)C(=O)NCc1cn(C)c2ccccc12. The predicted octanol–water partition coefficient (Wildman–Crippen LogP) is 1.78. The van der Waals surface area contributed by atoms with Crippen LogP contribution in [-0.2, 0) is 18.4 Å². The summed E-state index contributed by atoms with van der Waals surface area (Å²) in [5, 5.41) is 4.16. The molecule has 1 aromatic heterocycles. The van der Waals surface area contributed by atoms with Crippen molar-refractivity contribution in [1.29, 1.82) is 0 Å². The summed E-state index contributed by atoms with van der Waals surface area (Å²) in [4.78, 5) is 11.9. The average Bonchev–Trinajstić information content (AvgIpc) is 2.75. The van der Waals surface area contributed by atoms with Gasteiger partial charge < -0.3 is 15.6 Å². The quantitative estimate of drug-likeness (QED) is 0.860. The van der Waals surface area contributed by atoms with Gasteiger partial charge in [0, 0.05) is 43.2 Å². The van der Waals surface area contributed by atoms with Gasteiger partial charge in [-0.05, 0) is 18.1 Å². The van der Waals surface area contributed by atoms with E-state index < -0.39 is 0 Å². The molecule has 1 unspecified atom stereocenters. The summed E-state index contributed by atoms with van der Waals surface area (Å²) in [6.45, 7) is 2.93. The Hall–Kier alpha value is -1.81. The van der Waals surface area contributed by atoms with Crippen LogP contribution < -0.4 is 11.1 Å². The van der Waals surface area contributed by atoms with Crippen molar-refractivity contribution in [2.24, 2.45) is 18.7 Å². The molecule has 2 aromatic rings. The van der Waals surface area contributed by atoms with Gasteiger partial charge in [-0.3, -0.25) is 4.79 Å². The normalized spacial score (nSPS) is 12.6. The lowest BCUT2D eigenvalue weighted by Crippen LogP contribution is -2.34. The topological polar surface area (TPSA) is 60.1 Å². The number of carbonyl (C=O) groups excluding carboxylic acids is 1. The van der Waals surface area contributed by atoms with Gasteiger partial charge in [0.05, 0.1) is 0 Å². The van der Waals surface area contributed by atoms with Crippen LogP contribution in [0.2, 0.25) is 0 Å². The van der Waals surface area contributed by atoms with Gasteiger partial charge in [-0.1, -0.05) is 25.1 Å². The smallest absolute Gasteiger partial charge is 0.224 e. The van der Waals surface area contributed by atoms with Gasteiger partial charge in [0.25, 0.3) is 0 Å². The molecule has 1 amide bonds. The molecule has 19 heavy (non-hydrogen) atoms. The van der Waals surface area contributed by atoms with Gasteiger partial charge in [-0.25, -0.2) is 0 Å². The number of nitrogens with two attached hydrogens (primary N) is 1. The first-order chi connectivity index (χ1) is 9.17. The monoisotopic (exact) mass is 259 g/mol. The van der Waals surface area contributed by atoms with Crippen LogP contribution in [0.5, 0.6) is 0 Å². The van der Waals surface area contributed by atoms with Gasteiger partial charge in [0.2, 0.25) is 5.91 Å². The van der Waals surface area contributed by atoms with E-state index >= 15 is 0 Å². The van der Waals surface area contributed by atoms with Crippen LogP contribution in [0.4, 0.5) is 0 Å². The van der Waals surface area contributed by atoms with Crippen molar-refractivity contribution >= 4 is 16.8 Å². The molecule has 0 bridgehead atoms. The van der Waals surface area contributed by atoms with Crippen LogP contribution in [0.3, 0.4) is 0 Å². The molecule has 0 saturated heterocycles. The van der Waals surface area contributed by atoms with Crippen LogP contribution in [-0.4, -0.2) is 17.0 Å². The highest BCUT2D eigenvalue weighted by Crippen LogP contribution is 2.20. The molecule has 0 aliphatic rings. The largest absolute Gasteiger partial charge is 0.352 e. The molecule has 1 aromatic carbocycles. The maximum atomic E-state index is 11.9. The number of amides is 1. The first-order valence-corrected chi connectivity index (χ1v) is 6.68. The number of para-hydroxylation sites is 1. The third-order valence-electron chi connectivity index (χ3n) is 3.58. The van der Waals surface area contributed by atoms with Gasteiger partial charge in [0.1, 0.15) is 0 Å².